The predicted molar refractivity (Wildman–Crippen MR) is 105 cm³/mol. The summed E-state index contributed by atoms with van der Waals surface area (Å²) in [5.74, 6) is -0.904. The number of methoxy groups -OCH3 is 1. The highest BCUT2D eigenvalue weighted by Crippen LogP contribution is 2.25. The maximum Gasteiger partial charge on any atom is 0.312 e. The number of primary amides is 1. The highest BCUT2D eigenvalue weighted by Gasteiger charge is 2.20. The molecule has 0 bridgehead atoms. The SMILES string of the molecule is COc1ccc(Cl)cc1C(=O)NNC(=O)C[C@H](NC(N)=O)c1ccccc1Cl. The largest absolute Gasteiger partial charge is 0.496 e. The van der Waals surface area contributed by atoms with Crippen LogP contribution in [0.5, 0.6) is 5.75 Å². The molecule has 148 valence electrons. The first-order valence-electron chi connectivity index (χ1n) is 8.05. The van der Waals surface area contributed by atoms with Gasteiger partial charge in [-0.05, 0) is 29.8 Å². The molecule has 8 nitrogen and oxygen atoms in total. The van der Waals surface area contributed by atoms with Crippen LogP contribution in [0, 0.1) is 0 Å². The van der Waals surface area contributed by atoms with E-state index in [0.29, 0.717) is 21.4 Å². The van der Waals surface area contributed by atoms with Gasteiger partial charge in [-0.2, -0.15) is 0 Å². The zero-order chi connectivity index (χ0) is 20.7. The van der Waals surface area contributed by atoms with Crippen molar-refractivity contribution in [3.63, 3.8) is 0 Å². The summed E-state index contributed by atoms with van der Waals surface area (Å²) in [5, 5.41) is 3.15. The molecule has 5 N–H and O–H groups in total. The van der Waals surface area contributed by atoms with Crippen LogP contribution in [-0.4, -0.2) is 25.0 Å². The van der Waals surface area contributed by atoms with E-state index in [1.54, 1.807) is 30.3 Å². The molecule has 0 saturated carbocycles. The van der Waals surface area contributed by atoms with E-state index < -0.39 is 23.9 Å². The molecule has 2 aromatic rings. The number of ether oxygens (including phenoxy) is 1. The Labute approximate surface area is 171 Å². The molecule has 0 fully saturated rings. The van der Waals surface area contributed by atoms with Crippen molar-refractivity contribution in [3.8, 4) is 5.75 Å². The number of carbonyl (C=O) groups is 3. The van der Waals surface area contributed by atoms with Gasteiger partial charge >= 0.3 is 6.03 Å². The van der Waals surface area contributed by atoms with Gasteiger partial charge in [0.2, 0.25) is 5.91 Å². The molecular formula is C18H18Cl2N4O4. The smallest absolute Gasteiger partial charge is 0.312 e. The Kier molecular flexibility index (Phi) is 7.48. The monoisotopic (exact) mass is 424 g/mol. The van der Waals surface area contributed by atoms with Crippen LogP contribution in [0.4, 0.5) is 4.79 Å². The van der Waals surface area contributed by atoms with Crippen LogP contribution in [-0.2, 0) is 4.79 Å². The van der Waals surface area contributed by atoms with Gasteiger partial charge in [0.05, 0.1) is 25.1 Å². The Morgan fingerprint density at radius 2 is 1.82 bits per heavy atom. The fourth-order valence-corrected chi connectivity index (χ4v) is 2.90. The Bertz CT molecular complexity index is 892. The van der Waals surface area contributed by atoms with Crippen molar-refractivity contribution < 1.29 is 19.1 Å². The Morgan fingerprint density at radius 3 is 2.46 bits per heavy atom. The third-order valence-corrected chi connectivity index (χ3v) is 4.29. The molecule has 0 radical (unpaired) electrons. The molecule has 0 aliphatic carbocycles. The maximum absolute atomic E-state index is 12.3. The van der Waals surface area contributed by atoms with Crippen molar-refractivity contribution in [1.29, 1.82) is 0 Å². The molecule has 10 heteroatoms. The Hall–Kier alpha value is -2.97. The molecular weight excluding hydrogens is 407 g/mol. The first-order valence-corrected chi connectivity index (χ1v) is 8.80. The molecule has 0 aliphatic rings. The van der Waals surface area contributed by atoms with Gasteiger partial charge in [0, 0.05) is 10.0 Å². The van der Waals surface area contributed by atoms with Gasteiger partial charge < -0.3 is 15.8 Å². The zero-order valence-corrected chi connectivity index (χ0v) is 16.3. The fourth-order valence-electron chi connectivity index (χ4n) is 2.46. The van der Waals surface area contributed by atoms with Crippen LogP contribution in [0.2, 0.25) is 10.0 Å². The number of hydrogen-bond acceptors (Lipinski definition) is 4. The molecule has 4 amide bonds. The number of hydrogen-bond donors (Lipinski definition) is 4. The van der Waals surface area contributed by atoms with E-state index in [1.165, 1.54) is 19.2 Å². The minimum absolute atomic E-state index is 0.146. The minimum Gasteiger partial charge on any atom is -0.496 e. The summed E-state index contributed by atoms with van der Waals surface area (Å²) in [7, 11) is 1.41. The summed E-state index contributed by atoms with van der Waals surface area (Å²) in [6, 6.07) is 9.62. The predicted octanol–water partition coefficient (Wildman–Crippen LogP) is 2.56. The lowest BCUT2D eigenvalue weighted by atomic mass is 10.0. The average Bonchev–Trinajstić information content (AvgIpc) is 2.65. The van der Waals surface area contributed by atoms with Crippen molar-refractivity contribution in [3.05, 3.63) is 63.6 Å². The fraction of sp³-hybridized carbons (Fsp3) is 0.167. The minimum atomic E-state index is -0.814. The third-order valence-electron chi connectivity index (χ3n) is 3.71. The Morgan fingerprint density at radius 1 is 1.11 bits per heavy atom. The first-order chi connectivity index (χ1) is 13.3. The van der Waals surface area contributed by atoms with E-state index in [0.717, 1.165) is 0 Å². The second-order valence-electron chi connectivity index (χ2n) is 5.63. The molecule has 0 spiro atoms. The van der Waals surface area contributed by atoms with Gasteiger partial charge in [-0.3, -0.25) is 20.4 Å². The highest BCUT2D eigenvalue weighted by atomic mass is 35.5. The van der Waals surface area contributed by atoms with E-state index in [9.17, 15) is 14.4 Å². The topological polar surface area (TPSA) is 123 Å². The van der Waals surface area contributed by atoms with E-state index in [2.05, 4.69) is 16.2 Å². The number of nitrogens with one attached hydrogen (secondary N) is 3. The lowest BCUT2D eigenvalue weighted by Gasteiger charge is -2.19. The van der Waals surface area contributed by atoms with Gasteiger partial charge in [-0.25, -0.2) is 4.79 Å². The normalized spacial score (nSPS) is 11.2. The Balaban J connectivity index is 2.05. The van der Waals surface area contributed by atoms with E-state index in [1.807, 2.05) is 0 Å². The standard InChI is InChI=1S/C18H18Cl2N4O4/c1-28-15-7-6-10(19)8-12(15)17(26)24-23-16(25)9-14(22-18(21)27)11-4-2-3-5-13(11)20/h2-8,14H,9H2,1H3,(H,23,25)(H,24,26)(H3,21,22,27)/t14-/m0/s1. The van der Waals surface area contributed by atoms with Crippen LogP contribution in [0.25, 0.3) is 0 Å². The van der Waals surface area contributed by atoms with Crippen molar-refractivity contribution in [2.75, 3.05) is 7.11 Å². The average molecular weight is 425 g/mol. The van der Waals surface area contributed by atoms with Crippen LogP contribution >= 0.6 is 23.2 Å². The molecule has 2 rings (SSSR count). The van der Waals surface area contributed by atoms with Crippen LogP contribution < -0.4 is 26.6 Å². The van der Waals surface area contributed by atoms with Gasteiger partial charge in [-0.15, -0.1) is 0 Å². The van der Waals surface area contributed by atoms with Gasteiger partial charge in [-0.1, -0.05) is 41.4 Å². The summed E-state index contributed by atoms with van der Waals surface area (Å²) in [5.41, 5.74) is 10.4. The van der Waals surface area contributed by atoms with Crippen molar-refractivity contribution in [2.45, 2.75) is 12.5 Å². The molecule has 0 unspecified atom stereocenters. The molecule has 0 aromatic heterocycles. The van der Waals surface area contributed by atoms with Crippen LogP contribution in [0.1, 0.15) is 28.4 Å². The summed E-state index contributed by atoms with van der Waals surface area (Å²) in [4.78, 5) is 35.8. The second kappa shape index (κ2) is 9.82. The lowest BCUT2D eigenvalue weighted by Crippen LogP contribution is -2.44. The number of urea groups is 1. The van der Waals surface area contributed by atoms with E-state index in [4.69, 9.17) is 33.7 Å². The number of halogens is 2. The molecule has 2 aromatic carbocycles. The first kappa shape index (κ1) is 21.3. The highest BCUT2D eigenvalue weighted by molar-refractivity contribution is 6.31. The quantitative estimate of drug-likeness (QED) is 0.532. The number of amides is 4. The summed E-state index contributed by atoms with van der Waals surface area (Å²) < 4.78 is 5.10. The van der Waals surface area contributed by atoms with E-state index in [-0.39, 0.29) is 12.0 Å². The summed E-state index contributed by atoms with van der Waals surface area (Å²) in [6.45, 7) is 0. The number of nitrogens with two attached hydrogens (primary N) is 1. The molecule has 1 atom stereocenters. The molecule has 0 heterocycles. The number of rotatable bonds is 6. The van der Waals surface area contributed by atoms with Gasteiger partial charge in [0.1, 0.15) is 5.75 Å². The zero-order valence-electron chi connectivity index (χ0n) is 14.8. The van der Waals surface area contributed by atoms with Crippen molar-refractivity contribution in [2.24, 2.45) is 5.73 Å². The number of carbonyl (C=O) groups excluding carboxylic acids is 3. The van der Waals surface area contributed by atoms with Gasteiger partial charge in [0.15, 0.2) is 0 Å². The number of hydrazine groups is 1. The summed E-state index contributed by atoms with van der Waals surface area (Å²) >= 11 is 12.0. The van der Waals surface area contributed by atoms with Crippen LogP contribution in [0.15, 0.2) is 42.5 Å². The number of benzene rings is 2. The lowest BCUT2D eigenvalue weighted by molar-refractivity contribution is -0.122. The van der Waals surface area contributed by atoms with Gasteiger partial charge in [0.25, 0.3) is 5.91 Å². The second-order valence-corrected chi connectivity index (χ2v) is 6.48. The van der Waals surface area contributed by atoms with Crippen molar-refractivity contribution in [1.82, 2.24) is 16.2 Å². The maximum atomic E-state index is 12.3. The molecule has 0 saturated heterocycles. The molecule has 0 aliphatic heterocycles. The van der Waals surface area contributed by atoms with Crippen molar-refractivity contribution >= 4 is 41.0 Å². The van der Waals surface area contributed by atoms with Crippen LogP contribution in [0.3, 0.4) is 0 Å². The van der Waals surface area contributed by atoms with E-state index >= 15 is 0 Å². The third kappa shape index (κ3) is 5.77. The summed E-state index contributed by atoms with van der Waals surface area (Å²) in [6.07, 6.45) is -0.209. The molecule has 28 heavy (non-hydrogen) atoms.